The molecule has 0 N–H and O–H groups in total. The standard InChI is InChI=1S/C13H14N2O3S/c1-3-17-12(16)11-14-15-13(18-11)19-8-10-7-5-4-6-9(10)2/h4-7H,3,8H2,1-2H3. The highest BCUT2D eigenvalue weighted by Gasteiger charge is 2.16. The SMILES string of the molecule is CCOC(=O)c1nnc(SCc2ccccc2C)o1. The Morgan fingerprint density at radius 3 is 2.89 bits per heavy atom. The molecule has 1 aromatic heterocycles. The number of nitrogens with zero attached hydrogens (tertiary/aromatic N) is 2. The van der Waals surface area contributed by atoms with Crippen LogP contribution in [0.3, 0.4) is 0 Å². The molecule has 19 heavy (non-hydrogen) atoms. The number of hydrogen-bond acceptors (Lipinski definition) is 6. The topological polar surface area (TPSA) is 65.2 Å². The Morgan fingerprint density at radius 2 is 2.16 bits per heavy atom. The number of carbonyl (C=O) groups excluding carboxylic acids is 1. The molecule has 0 spiro atoms. The second-order valence-electron chi connectivity index (χ2n) is 3.81. The van der Waals surface area contributed by atoms with Crippen molar-refractivity contribution in [2.24, 2.45) is 0 Å². The lowest BCUT2D eigenvalue weighted by molar-refractivity contribution is 0.0475. The van der Waals surface area contributed by atoms with Crippen LogP contribution in [-0.2, 0) is 10.5 Å². The van der Waals surface area contributed by atoms with Crippen molar-refractivity contribution < 1.29 is 13.9 Å². The second-order valence-corrected chi connectivity index (χ2v) is 4.74. The van der Waals surface area contributed by atoms with Gasteiger partial charge in [0.05, 0.1) is 6.61 Å². The molecule has 0 fully saturated rings. The predicted molar refractivity (Wildman–Crippen MR) is 71.0 cm³/mol. The average molecular weight is 278 g/mol. The third-order valence-corrected chi connectivity index (χ3v) is 3.34. The molecule has 1 heterocycles. The van der Waals surface area contributed by atoms with Crippen molar-refractivity contribution in [3.05, 3.63) is 41.3 Å². The van der Waals surface area contributed by atoms with Gasteiger partial charge in [0.2, 0.25) is 0 Å². The summed E-state index contributed by atoms with van der Waals surface area (Å²) in [5.74, 6) is 0.0313. The Balaban J connectivity index is 1.97. The van der Waals surface area contributed by atoms with E-state index >= 15 is 0 Å². The fourth-order valence-corrected chi connectivity index (χ4v) is 2.29. The summed E-state index contributed by atoms with van der Waals surface area (Å²) in [6, 6.07) is 8.08. The lowest BCUT2D eigenvalue weighted by Gasteiger charge is -2.02. The fourth-order valence-electron chi connectivity index (χ4n) is 1.45. The Hall–Kier alpha value is -1.82. The highest BCUT2D eigenvalue weighted by atomic mass is 32.2. The largest absolute Gasteiger partial charge is 0.459 e. The van der Waals surface area contributed by atoms with E-state index in [9.17, 15) is 4.79 Å². The number of esters is 1. The minimum atomic E-state index is -0.585. The number of benzene rings is 1. The number of carbonyl (C=O) groups is 1. The Kier molecular flexibility index (Phi) is 4.57. The van der Waals surface area contributed by atoms with Crippen molar-refractivity contribution in [2.45, 2.75) is 24.8 Å². The van der Waals surface area contributed by atoms with Crippen LogP contribution in [0.5, 0.6) is 0 Å². The molecule has 0 saturated heterocycles. The van der Waals surface area contributed by atoms with Crippen LogP contribution in [0.15, 0.2) is 33.9 Å². The lowest BCUT2D eigenvalue weighted by atomic mass is 10.1. The monoisotopic (exact) mass is 278 g/mol. The second kappa shape index (κ2) is 6.38. The minimum Gasteiger partial charge on any atom is -0.459 e. The number of hydrogen-bond donors (Lipinski definition) is 0. The number of aryl methyl sites for hydroxylation is 1. The Morgan fingerprint density at radius 1 is 1.37 bits per heavy atom. The summed E-state index contributed by atoms with van der Waals surface area (Å²) in [7, 11) is 0. The molecule has 5 nitrogen and oxygen atoms in total. The zero-order valence-corrected chi connectivity index (χ0v) is 11.6. The van der Waals surface area contributed by atoms with E-state index in [0.29, 0.717) is 5.22 Å². The number of ether oxygens (including phenoxy) is 1. The summed E-state index contributed by atoms with van der Waals surface area (Å²) in [4.78, 5) is 11.4. The van der Waals surface area contributed by atoms with Crippen LogP contribution < -0.4 is 0 Å². The summed E-state index contributed by atoms with van der Waals surface area (Å²) in [5.41, 5.74) is 2.41. The third kappa shape index (κ3) is 3.57. The first kappa shape index (κ1) is 13.6. The summed E-state index contributed by atoms with van der Waals surface area (Å²) in [6.45, 7) is 4.06. The normalized spacial score (nSPS) is 10.4. The Bertz CT molecular complexity index is 569. The fraction of sp³-hybridized carbons (Fsp3) is 0.308. The van der Waals surface area contributed by atoms with E-state index in [2.05, 4.69) is 10.2 Å². The van der Waals surface area contributed by atoms with Gasteiger partial charge in [-0.3, -0.25) is 0 Å². The summed E-state index contributed by atoms with van der Waals surface area (Å²) < 4.78 is 10.0. The van der Waals surface area contributed by atoms with Gasteiger partial charge in [-0.25, -0.2) is 4.79 Å². The molecule has 100 valence electrons. The minimum absolute atomic E-state index is 0.103. The molecule has 0 aliphatic carbocycles. The summed E-state index contributed by atoms with van der Waals surface area (Å²) in [6.07, 6.45) is 0. The average Bonchev–Trinajstić information content (AvgIpc) is 2.87. The molecular formula is C13H14N2O3S. The van der Waals surface area contributed by atoms with Crippen LogP contribution in [0.4, 0.5) is 0 Å². The van der Waals surface area contributed by atoms with E-state index in [-0.39, 0.29) is 12.5 Å². The van der Waals surface area contributed by atoms with Crippen molar-refractivity contribution in [1.29, 1.82) is 0 Å². The van der Waals surface area contributed by atoms with Crippen molar-refractivity contribution in [2.75, 3.05) is 6.61 Å². The van der Waals surface area contributed by atoms with Crippen molar-refractivity contribution >= 4 is 17.7 Å². The van der Waals surface area contributed by atoms with Gasteiger partial charge in [-0.05, 0) is 25.0 Å². The van der Waals surface area contributed by atoms with Crippen molar-refractivity contribution in [3.8, 4) is 0 Å². The van der Waals surface area contributed by atoms with Gasteiger partial charge in [-0.2, -0.15) is 0 Å². The smallest absolute Gasteiger partial charge is 0.396 e. The van der Waals surface area contributed by atoms with Gasteiger partial charge >= 0.3 is 11.9 Å². The first-order valence-electron chi connectivity index (χ1n) is 5.88. The molecule has 0 aliphatic heterocycles. The molecule has 0 aliphatic rings. The third-order valence-electron chi connectivity index (χ3n) is 2.47. The van der Waals surface area contributed by atoms with Crippen LogP contribution in [0.1, 0.15) is 28.7 Å². The highest BCUT2D eigenvalue weighted by Crippen LogP contribution is 2.23. The molecule has 2 aromatic rings. The number of rotatable bonds is 5. The maximum absolute atomic E-state index is 11.4. The van der Waals surface area contributed by atoms with Gasteiger partial charge in [-0.15, -0.1) is 5.10 Å². The molecule has 0 bridgehead atoms. The van der Waals surface area contributed by atoms with Gasteiger partial charge < -0.3 is 9.15 Å². The van der Waals surface area contributed by atoms with E-state index in [4.69, 9.17) is 9.15 Å². The van der Waals surface area contributed by atoms with Gasteiger partial charge in [0.15, 0.2) is 0 Å². The van der Waals surface area contributed by atoms with E-state index in [1.54, 1.807) is 6.92 Å². The van der Waals surface area contributed by atoms with Crippen molar-refractivity contribution in [1.82, 2.24) is 10.2 Å². The first-order valence-corrected chi connectivity index (χ1v) is 6.87. The first-order chi connectivity index (χ1) is 9.20. The molecular weight excluding hydrogens is 264 g/mol. The molecule has 1 aromatic carbocycles. The lowest BCUT2D eigenvalue weighted by Crippen LogP contribution is -2.04. The van der Waals surface area contributed by atoms with Crippen LogP contribution in [-0.4, -0.2) is 22.8 Å². The number of thioether (sulfide) groups is 1. The summed E-state index contributed by atoms with van der Waals surface area (Å²) in [5, 5.41) is 7.83. The van der Waals surface area contributed by atoms with Gasteiger partial charge in [0, 0.05) is 5.75 Å². The van der Waals surface area contributed by atoms with Gasteiger partial charge in [0.25, 0.3) is 5.22 Å². The van der Waals surface area contributed by atoms with E-state index in [1.165, 1.54) is 22.9 Å². The zero-order chi connectivity index (χ0) is 13.7. The van der Waals surface area contributed by atoms with Gasteiger partial charge in [0.1, 0.15) is 0 Å². The molecule has 2 rings (SSSR count). The predicted octanol–water partition coefficient (Wildman–Crippen LogP) is 2.85. The molecule has 0 saturated carbocycles. The quantitative estimate of drug-likeness (QED) is 0.619. The number of aromatic nitrogens is 2. The molecule has 6 heteroatoms. The molecule has 0 radical (unpaired) electrons. The molecule has 0 atom stereocenters. The van der Waals surface area contributed by atoms with Crippen LogP contribution in [0.2, 0.25) is 0 Å². The molecule has 0 unspecified atom stereocenters. The zero-order valence-electron chi connectivity index (χ0n) is 10.8. The van der Waals surface area contributed by atoms with Crippen LogP contribution >= 0.6 is 11.8 Å². The Labute approximate surface area is 115 Å². The van der Waals surface area contributed by atoms with E-state index < -0.39 is 5.97 Å². The van der Waals surface area contributed by atoms with Crippen LogP contribution in [0, 0.1) is 6.92 Å². The highest BCUT2D eigenvalue weighted by molar-refractivity contribution is 7.98. The van der Waals surface area contributed by atoms with E-state index in [0.717, 1.165) is 5.75 Å². The van der Waals surface area contributed by atoms with Crippen LogP contribution in [0.25, 0.3) is 0 Å². The van der Waals surface area contributed by atoms with Gasteiger partial charge in [-0.1, -0.05) is 41.1 Å². The van der Waals surface area contributed by atoms with E-state index in [1.807, 2.05) is 31.2 Å². The van der Waals surface area contributed by atoms with Crippen molar-refractivity contribution in [3.63, 3.8) is 0 Å². The summed E-state index contributed by atoms with van der Waals surface area (Å²) >= 11 is 1.40. The molecule has 0 amide bonds. The maximum Gasteiger partial charge on any atom is 0.396 e. The maximum atomic E-state index is 11.4.